The van der Waals surface area contributed by atoms with E-state index in [0.717, 1.165) is 0 Å². The number of aliphatic hydroxyl groups excluding tert-OH is 1. The van der Waals surface area contributed by atoms with E-state index in [4.69, 9.17) is 5.11 Å². The Kier molecular flexibility index (Phi) is 2.90. The summed E-state index contributed by atoms with van der Waals surface area (Å²) in [7, 11) is 0. The lowest BCUT2D eigenvalue weighted by atomic mass is 9.87. The second-order valence-electron chi connectivity index (χ2n) is 3.56. The van der Waals surface area contributed by atoms with Crippen molar-refractivity contribution in [2.75, 3.05) is 0 Å². The number of carbonyl (C=O) groups is 1. The molecule has 0 radical (unpaired) electrons. The minimum Gasteiger partial charge on any atom is -0.377 e. The van der Waals surface area contributed by atoms with Gasteiger partial charge in [0.2, 0.25) is 6.10 Å². The Morgan fingerprint density at radius 1 is 1.25 bits per heavy atom. The first-order chi connectivity index (χ1) is 5.07. The topological polar surface area (TPSA) is 37.3 Å². The van der Waals surface area contributed by atoms with Gasteiger partial charge in [-0.2, -0.15) is 13.2 Å². The van der Waals surface area contributed by atoms with Gasteiger partial charge in [0.25, 0.3) is 0 Å². The molecule has 0 spiro atoms. The van der Waals surface area contributed by atoms with Crippen molar-refractivity contribution in [3.63, 3.8) is 0 Å². The fourth-order valence-electron chi connectivity index (χ4n) is 0.559. The number of carbonyl (C=O) groups excluding carboxylic acids is 1. The molecule has 0 aromatic heterocycles. The van der Waals surface area contributed by atoms with Crippen LogP contribution in [0.5, 0.6) is 0 Å². The van der Waals surface area contributed by atoms with Crippen molar-refractivity contribution in [3.05, 3.63) is 0 Å². The summed E-state index contributed by atoms with van der Waals surface area (Å²) in [5, 5.41) is 8.52. The molecule has 1 unspecified atom stereocenters. The van der Waals surface area contributed by atoms with Crippen LogP contribution >= 0.6 is 0 Å². The lowest BCUT2D eigenvalue weighted by Crippen LogP contribution is -2.42. The number of alkyl halides is 3. The third-order valence-corrected chi connectivity index (χ3v) is 1.30. The lowest BCUT2D eigenvalue weighted by molar-refractivity contribution is -0.207. The normalized spacial score (nSPS) is 15.9. The van der Waals surface area contributed by atoms with Crippen LogP contribution in [0.15, 0.2) is 0 Å². The van der Waals surface area contributed by atoms with Crippen LogP contribution in [0.4, 0.5) is 13.2 Å². The van der Waals surface area contributed by atoms with Crippen LogP contribution in [-0.4, -0.2) is 23.2 Å². The molecule has 0 heterocycles. The molecular formula is C7H11F3O2. The molecule has 0 bridgehead atoms. The smallest absolute Gasteiger partial charge is 0.377 e. The summed E-state index contributed by atoms with van der Waals surface area (Å²) in [5.41, 5.74) is -1.17. The molecule has 0 aliphatic rings. The quantitative estimate of drug-likeness (QED) is 0.670. The second kappa shape index (κ2) is 3.05. The van der Waals surface area contributed by atoms with Crippen molar-refractivity contribution in [1.29, 1.82) is 0 Å². The van der Waals surface area contributed by atoms with Crippen molar-refractivity contribution < 1.29 is 23.1 Å². The summed E-state index contributed by atoms with van der Waals surface area (Å²) in [6.45, 7) is 3.97. The van der Waals surface area contributed by atoms with E-state index in [-0.39, 0.29) is 0 Å². The van der Waals surface area contributed by atoms with E-state index in [0.29, 0.717) is 0 Å². The van der Waals surface area contributed by atoms with E-state index < -0.39 is 23.5 Å². The van der Waals surface area contributed by atoms with Gasteiger partial charge in [-0.15, -0.1) is 0 Å². The van der Waals surface area contributed by atoms with Crippen LogP contribution in [0.3, 0.4) is 0 Å². The number of hydrogen-bond donors (Lipinski definition) is 1. The fraction of sp³-hybridized carbons (Fsp3) is 0.857. The predicted octanol–water partition coefficient (Wildman–Crippen LogP) is 1.52. The van der Waals surface area contributed by atoms with Gasteiger partial charge in [-0.1, -0.05) is 20.8 Å². The van der Waals surface area contributed by atoms with Gasteiger partial charge in [0.1, 0.15) is 0 Å². The number of rotatable bonds is 1. The Morgan fingerprint density at radius 2 is 1.58 bits per heavy atom. The van der Waals surface area contributed by atoms with Gasteiger partial charge in [-0.25, -0.2) is 0 Å². The first-order valence-electron chi connectivity index (χ1n) is 3.36. The molecule has 0 aliphatic carbocycles. The number of Topliss-reactive ketones (excluding diaryl/α,β-unsaturated/α-hetero) is 1. The van der Waals surface area contributed by atoms with Crippen LogP contribution in [0.25, 0.3) is 0 Å². The monoisotopic (exact) mass is 184 g/mol. The summed E-state index contributed by atoms with van der Waals surface area (Å²) in [5.74, 6) is -1.21. The summed E-state index contributed by atoms with van der Waals surface area (Å²) in [6.07, 6.45) is -7.72. The maximum Gasteiger partial charge on any atom is 0.421 e. The molecule has 0 saturated carbocycles. The van der Waals surface area contributed by atoms with Crippen LogP contribution in [0.1, 0.15) is 20.8 Å². The molecule has 0 amide bonds. The number of ketones is 1. The van der Waals surface area contributed by atoms with E-state index >= 15 is 0 Å². The molecule has 0 rings (SSSR count). The van der Waals surface area contributed by atoms with E-state index in [9.17, 15) is 18.0 Å². The molecule has 1 N–H and O–H groups in total. The molecule has 5 heteroatoms. The van der Waals surface area contributed by atoms with Crippen molar-refractivity contribution >= 4 is 5.78 Å². The minimum atomic E-state index is -4.86. The molecule has 0 aromatic rings. The van der Waals surface area contributed by atoms with Gasteiger partial charge in [0, 0.05) is 5.41 Å². The summed E-state index contributed by atoms with van der Waals surface area (Å²) in [4.78, 5) is 10.8. The van der Waals surface area contributed by atoms with Gasteiger partial charge in [0.05, 0.1) is 0 Å². The standard InChI is InChI=1S/C7H11F3O2/c1-6(2,3)4(11)5(12)7(8,9)10/h5,12H,1-3H3. The Bertz CT molecular complexity index is 178. The van der Waals surface area contributed by atoms with Gasteiger partial charge in [-0.05, 0) is 0 Å². The highest BCUT2D eigenvalue weighted by Crippen LogP contribution is 2.27. The van der Waals surface area contributed by atoms with Gasteiger partial charge in [-0.3, -0.25) is 4.79 Å². The Labute approximate surface area is 68.4 Å². The van der Waals surface area contributed by atoms with Crippen LogP contribution in [0.2, 0.25) is 0 Å². The van der Waals surface area contributed by atoms with Crippen molar-refractivity contribution in [2.24, 2.45) is 5.41 Å². The molecule has 0 aromatic carbocycles. The van der Waals surface area contributed by atoms with Crippen LogP contribution < -0.4 is 0 Å². The van der Waals surface area contributed by atoms with E-state index in [1.54, 1.807) is 0 Å². The summed E-state index contributed by atoms with van der Waals surface area (Å²) >= 11 is 0. The predicted molar refractivity (Wildman–Crippen MR) is 36.5 cm³/mol. The van der Waals surface area contributed by atoms with Gasteiger partial charge in [0.15, 0.2) is 5.78 Å². The van der Waals surface area contributed by atoms with Crippen LogP contribution in [-0.2, 0) is 4.79 Å². The van der Waals surface area contributed by atoms with Crippen molar-refractivity contribution in [2.45, 2.75) is 33.1 Å². The highest BCUT2D eigenvalue weighted by molar-refractivity contribution is 5.88. The zero-order valence-electron chi connectivity index (χ0n) is 7.07. The lowest BCUT2D eigenvalue weighted by Gasteiger charge is -2.22. The molecule has 2 nitrogen and oxygen atoms in total. The molecule has 12 heavy (non-hydrogen) atoms. The Hall–Kier alpha value is -0.580. The minimum absolute atomic E-state index is 1.17. The fourth-order valence-corrected chi connectivity index (χ4v) is 0.559. The summed E-state index contributed by atoms with van der Waals surface area (Å²) in [6, 6.07) is 0. The number of halogens is 3. The zero-order valence-corrected chi connectivity index (χ0v) is 7.07. The van der Waals surface area contributed by atoms with E-state index in [2.05, 4.69) is 0 Å². The second-order valence-corrected chi connectivity index (χ2v) is 3.56. The Morgan fingerprint density at radius 3 is 1.67 bits per heavy atom. The third kappa shape index (κ3) is 2.81. The van der Waals surface area contributed by atoms with Crippen molar-refractivity contribution in [3.8, 4) is 0 Å². The number of aliphatic hydroxyl groups is 1. The molecule has 0 saturated heterocycles. The maximum absolute atomic E-state index is 11.8. The van der Waals surface area contributed by atoms with Crippen LogP contribution in [0, 0.1) is 5.41 Å². The van der Waals surface area contributed by atoms with Gasteiger partial charge < -0.3 is 5.11 Å². The maximum atomic E-state index is 11.8. The zero-order chi connectivity index (χ0) is 10.2. The average Bonchev–Trinajstić information content (AvgIpc) is 1.80. The van der Waals surface area contributed by atoms with Gasteiger partial charge >= 0.3 is 6.18 Å². The average molecular weight is 184 g/mol. The molecule has 0 fully saturated rings. The van der Waals surface area contributed by atoms with Crippen molar-refractivity contribution in [1.82, 2.24) is 0 Å². The number of hydrogen-bond acceptors (Lipinski definition) is 2. The summed E-state index contributed by atoms with van der Waals surface area (Å²) < 4.78 is 35.3. The first-order valence-corrected chi connectivity index (χ1v) is 3.36. The third-order valence-electron chi connectivity index (χ3n) is 1.30. The Balaban J connectivity index is 4.53. The SMILES string of the molecule is CC(C)(C)C(=O)C(O)C(F)(F)F. The molecule has 1 atom stereocenters. The highest BCUT2D eigenvalue weighted by Gasteiger charge is 2.46. The largest absolute Gasteiger partial charge is 0.421 e. The molecule has 72 valence electrons. The molecule has 0 aliphatic heterocycles. The van der Waals surface area contributed by atoms with E-state index in [1.165, 1.54) is 20.8 Å². The first kappa shape index (κ1) is 11.4. The van der Waals surface area contributed by atoms with E-state index in [1.807, 2.05) is 0 Å². The molecular weight excluding hydrogens is 173 g/mol. The highest BCUT2D eigenvalue weighted by atomic mass is 19.4.